The molecule has 0 aliphatic heterocycles. The van der Waals surface area contributed by atoms with Crippen LogP contribution in [0.2, 0.25) is 0 Å². The van der Waals surface area contributed by atoms with Gasteiger partial charge in [0.1, 0.15) is 0 Å². The summed E-state index contributed by atoms with van der Waals surface area (Å²) < 4.78 is 1.12. The Bertz CT molecular complexity index is 606. The summed E-state index contributed by atoms with van der Waals surface area (Å²) in [5.74, 6) is 0.414. The summed E-state index contributed by atoms with van der Waals surface area (Å²) in [6, 6.07) is 5.88. The minimum atomic E-state index is -0.0524. The Kier molecular flexibility index (Phi) is 4.73. The number of rotatable bonds is 5. The lowest BCUT2D eigenvalue weighted by molar-refractivity contribution is -0.119. The van der Waals surface area contributed by atoms with Crippen molar-refractivity contribution in [3.8, 4) is 0 Å². The number of nitrogens with zero attached hydrogens (tertiary/aromatic N) is 1. The molecular formula is C15H21N3OS. The third kappa shape index (κ3) is 3.35. The fraction of sp³-hybridized carbons (Fsp3) is 0.467. The Hall–Kier alpha value is -1.46. The summed E-state index contributed by atoms with van der Waals surface area (Å²) in [6.45, 7) is 6.86. The van der Waals surface area contributed by atoms with Crippen molar-refractivity contribution in [2.24, 2.45) is 5.92 Å². The van der Waals surface area contributed by atoms with E-state index in [9.17, 15) is 4.79 Å². The zero-order chi connectivity index (χ0) is 14.7. The summed E-state index contributed by atoms with van der Waals surface area (Å²) in [5.41, 5.74) is 1.84. The van der Waals surface area contributed by atoms with E-state index in [0.29, 0.717) is 12.5 Å². The number of carbonyl (C=O) groups excluding carboxylic acids is 1. The normalized spacial score (nSPS) is 12.8. The summed E-state index contributed by atoms with van der Waals surface area (Å²) >= 11 is 1.69. The number of nitrogens with one attached hydrogen (secondary N) is 2. The summed E-state index contributed by atoms with van der Waals surface area (Å²) in [6.07, 6.45) is 0. The molecule has 0 fully saturated rings. The maximum atomic E-state index is 12.0. The van der Waals surface area contributed by atoms with Gasteiger partial charge in [0.05, 0.1) is 15.2 Å². The van der Waals surface area contributed by atoms with Crippen LogP contribution in [0, 0.1) is 5.92 Å². The molecule has 1 amide bonds. The minimum absolute atomic E-state index is 0.0345. The molecule has 5 heteroatoms. The van der Waals surface area contributed by atoms with Crippen molar-refractivity contribution in [2.45, 2.75) is 26.7 Å². The van der Waals surface area contributed by atoms with Crippen LogP contribution in [0.5, 0.6) is 0 Å². The molecule has 2 aromatic rings. The molecule has 1 aromatic heterocycles. The Morgan fingerprint density at radius 3 is 2.75 bits per heavy atom. The lowest BCUT2D eigenvalue weighted by Gasteiger charge is -2.11. The van der Waals surface area contributed by atoms with Gasteiger partial charge in [-0.15, -0.1) is 11.3 Å². The third-order valence-electron chi connectivity index (χ3n) is 3.12. The second-order valence-electron chi connectivity index (χ2n) is 5.34. The van der Waals surface area contributed by atoms with Gasteiger partial charge in [0.2, 0.25) is 5.91 Å². The van der Waals surface area contributed by atoms with Crippen LogP contribution in [-0.2, 0) is 4.79 Å². The molecule has 2 rings (SSSR count). The van der Waals surface area contributed by atoms with Crippen LogP contribution in [0.25, 0.3) is 10.2 Å². The van der Waals surface area contributed by atoms with E-state index in [1.807, 2.05) is 32.2 Å². The smallest absolute Gasteiger partial charge is 0.228 e. The summed E-state index contributed by atoms with van der Waals surface area (Å²) in [4.78, 5) is 16.6. The van der Waals surface area contributed by atoms with Crippen molar-refractivity contribution in [3.05, 3.63) is 23.2 Å². The van der Waals surface area contributed by atoms with Crippen LogP contribution in [0.4, 0.5) is 5.69 Å². The van der Waals surface area contributed by atoms with Gasteiger partial charge in [-0.05, 0) is 25.2 Å². The zero-order valence-corrected chi connectivity index (χ0v) is 13.2. The molecule has 1 aromatic carbocycles. The molecule has 108 valence electrons. The topological polar surface area (TPSA) is 54.0 Å². The standard InChI is InChI=1S/C15H21N3OS/c1-9(2)15-18-12-6-5-11(7-13(12)20-15)17-14(19)10(3)8-16-4/h5-7,9-10,16H,8H2,1-4H3,(H,17,19). The van der Waals surface area contributed by atoms with Crippen molar-refractivity contribution in [1.29, 1.82) is 0 Å². The van der Waals surface area contributed by atoms with Gasteiger partial charge in [-0.25, -0.2) is 4.98 Å². The van der Waals surface area contributed by atoms with Crippen molar-refractivity contribution in [2.75, 3.05) is 18.9 Å². The maximum Gasteiger partial charge on any atom is 0.228 e. The molecule has 0 spiro atoms. The molecule has 1 atom stereocenters. The quantitative estimate of drug-likeness (QED) is 0.889. The van der Waals surface area contributed by atoms with E-state index >= 15 is 0 Å². The number of fused-ring (bicyclic) bond motifs is 1. The van der Waals surface area contributed by atoms with E-state index in [2.05, 4.69) is 29.5 Å². The van der Waals surface area contributed by atoms with Gasteiger partial charge >= 0.3 is 0 Å². The maximum absolute atomic E-state index is 12.0. The molecule has 4 nitrogen and oxygen atoms in total. The predicted molar refractivity (Wildman–Crippen MR) is 85.4 cm³/mol. The highest BCUT2D eigenvalue weighted by Gasteiger charge is 2.13. The molecule has 0 radical (unpaired) electrons. The Morgan fingerprint density at radius 2 is 2.10 bits per heavy atom. The van der Waals surface area contributed by atoms with Crippen LogP contribution in [0.3, 0.4) is 0 Å². The van der Waals surface area contributed by atoms with E-state index in [1.165, 1.54) is 0 Å². The first-order valence-electron chi connectivity index (χ1n) is 6.87. The summed E-state index contributed by atoms with van der Waals surface area (Å²) in [7, 11) is 1.85. The first-order chi connectivity index (χ1) is 9.51. The number of hydrogen-bond donors (Lipinski definition) is 2. The zero-order valence-electron chi connectivity index (χ0n) is 12.4. The van der Waals surface area contributed by atoms with Crippen LogP contribution >= 0.6 is 11.3 Å². The highest BCUT2D eigenvalue weighted by atomic mass is 32.1. The molecule has 2 N–H and O–H groups in total. The number of thiazole rings is 1. The fourth-order valence-electron chi connectivity index (χ4n) is 1.93. The molecule has 0 aliphatic rings. The number of hydrogen-bond acceptors (Lipinski definition) is 4. The van der Waals surface area contributed by atoms with Gasteiger partial charge in [0.25, 0.3) is 0 Å². The second-order valence-corrected chi connectivity index (χ2v) is 6.40. The van der Waals surface area contributed by atoms with E-state index in [-0.39, 0.29) is 11.8 Å². The summed E-state index contributed by atoms with van der Waals surface area (Å²) in [5, 5.41) is 7.10. The second kappa shape index (κ2) is 6.33. The van der Waals surface area contributed by atoms with Gasteiger partial charge < -0.3 is 10.6 Å². The van der Waals surface area contributed by atoms with Crippen LogP contribution in [0.15, 0.2) is 18.2 Å². The minimum Gasteiger partial charge on any atom is -0.326 e. The molecule has 1 unspecified atom stereocenters. The molecule has 1 heterocycles. The molecule has 0 bridgehead atoms. The number of benzene rings is 1. The molecule has 0 saturated heterocycles. The van der Waals surface area contributed by atoms with E-state index in [0.717, 1.165) is 20.9 Å². The highest BCUT2D eigenvalue weighted by molar-refractivity contribution is 7.18. The fourth-order valence-corrected chi connectivity index (χ4v) is 2.94. The van der Waals surface area contributed by atoms with Crippen LogP contribution in [0.1, 0.15) is 31.7 Å². The average molecular weight is 291 g/mol. The van der Waals surface area contributed by atoms with E-state index in [1.54, 1.807) is 11.3 Å². The van der Waals surface area contributed by atoms with Crippen molar-refractivity contribution < 1.29 is 4.79 Å². The molecule has 0 saturated carbocycles. The monoisotopic (exact) mass is 291 g/mol. The predicted octanol–water partition coefficient (Wildman–Crippen LogP) is 3.21. The lowest BCUT2D eigenvalue weighted by Crippen LogP contribution is -2.28. The first kappa shape index (κ1) is 14.9. The first-order valence-corrected chi connectivity index (χ1v) is 7.69. The molecule has 0 aliphatic carbocycles. The van der Waals surface area contributed by atoms with Gasteiger partial charge in [-0.3, -0.25) is 4.79 Å². The Balaban J connectivity index is 2.17. The Morgan fingerprint density at radius 1 is 1.35 bits per heavy atom. The van der Waals surface area contributed by atoms with Gasteiger partial charge in [-0.2, -0.15) is 0 Å². The van der Waals surface area contributed by atoms with Gasteiger partial charge in [0, 0.05) is 24.1 Å². The lowest BCUT2D eigenvalue weighted by atomic mass is 10.1. The van der Waals surface area contributed by atoms with Crippen molar-refractivity contribution in [3.63, 3.8) is 0 Å². The van der Waals surface area contributed by atoms with Crippen LogP contribution < -0.4 is 10.6 Å². The van der Waals surface area contributed by atoms with Crippen molar-refractivity contribution in [1.82, 2.24) is 10.3 Å². The number of aromatic nitrogens is 1. The molecular weight excluding hydrogens is 270 g/mol. The SMILES string of the molecule is CNCC(C)C(=O)Nc1ccc2nc(C(C)C)sc2c1. The van der Waals surface area contributed by atoms with Crippen LogP contribution in [-0.4, -0.2) is 24.5 Å². The third-order valence-corrected chi connectivity index (χ3v) is 4.44. The Labute approximate surface area is 123 Å². The van der Waals surface area contributed by atoms with E-state index in [4.69, 9.17) is 0 Å². The van der Waals surface area contributed by atoms with Gasteiger partial charge in [0.15, 0.2) is 0 Å². The number of carbonyl (C=O) groups is 1. The largest absolute Gasteiger partial charge is 0.326 e. The van der Waals surface area contributed by atoms with Gasteiger partial charge in [-0.1, -0.05) is 20.8 Å². The number of anilines is 1. The van der Waals surface area contributed by atoms with Crippen molar-refractivity contribution >= 4 is 33.1 Å². The number of amides is 1. The average Bonchev–Trinajstić information content (AvgIpc) is 2.82. The van der Waals surface area contributed by atoms with E-state index < -0.39 is 0 Å². The molecule has 20 heavy (non-hydrogen) atoms. The highest BCUT2D eigenvalue weighted by Crippen LogP contribution is 2.29.